The first kappa shape index (κ1) is 21.5. The van der Waals surface area contributed by atoms with E-state index in [1.807, 2.05) is 6.92 Å². The van der Waals surface area contributed by atoms with Crippen molar-refractivity contribution < 1.29 is 37.0 Å². The Morgan fingerprint density at radius 2 is 1.62 bits per heavy atom. The number of benzene rings is 1. The highest BCUT2D eigenvalue weighted by molar-refractivity contribution is 5.87. The van der Waals surface area contributed by atoms with Crippen molar-refractivity contribution in [3.63, 3.8) is 0 Å². The summed E-state index contributed by atoms with van der Waals surface area (Å²) in [5, 5.41) is 0. The van der Waals surface area contributed by atoms with Crippen LogP contribution in [-0.2, 0) is 19.1 Å². The molecule has 0 unspecified atom stereocenters. The van der Waals surface area contributed by atoms with Crippen molar-refractivity contribution in [1.29, 1.82) is 0 Å². The lowest BCUT2D eigenvalue weighted by Crippen LogP contribution is -2.27. The molecule has 1 aromatic rings. The average Bonchev–Trinajstić information content (AvgIpc) is 2.56. The summed E-state index contributed by atoms with van der Waals surface area (Å²) in [6.45, 7) is 5.25. The van der Waals surface area contributed by atoms with Gasteiger partial charge in [0.15, 0.2) is 0 Å². The van der Waals surface area contributed by atoms with Crippen molar-refractivity contribution >= 4 is 18.0 Å². The molecular formula is C18H21F3O5. The summed E-state index contributed by atoms with van der Waals surface area (Å²) in [5.74, 6) is -1.38. The molecule has 0 saturated carbocycles. The van der Waals surface area contributed by atoms with Crippen LogP contribution >= 0.6 is 0 Å². The Bertz CT molecular complexity index is 633. The standard InChI is InChI=1S/C18H21F3O5/c1-4-17(2,3)16(23)25-12-11-24-15(22)10-7-13-5-8-14(9-6-13)26-18(19,20)21/h5-10H,4,11-12H2,1-3H3/b10-7+. The molecule has 0 N–H and O–H groups in total. The van der Waals surface area contributed by atoms with Crippen molar-refractivity contribution in [1.82, 2.24) is 0 Å². The van der Waals surface area contributed by atoms with Crippen LogP contribution in [0.25, 0.3) is 6.08 Å². The fourth-order valence-electron chi connectivity index (χ4n) is 1.61. The molecule has 0 spiro atoms. The van der Waals surface area contributed by atoms with Gasteiger partial charge in [-0.05, 0) is 44.0 Å². The van der Waals surface area contributed by atoms with Gasteiger partial charge in [-0.15, -0.1) is 13.2 Å². The minimum atomic E-state index is -4.75. The summed E-state index contributed by atoms with van der Waals surface area (Å²) in [5.41, 5.74) is -0.0982. The predicted molar refractivity (Wildman–Crippen MR) is 88.1 cm³/mol. The molecule has 0 atom stereocenters. The summed E-state index contributed by atoms with van der Waals surface area (Å²) in [4.78, 5) is 23.3. The smallest absolute Gasteiger partial charge is 0.462 e. The Kier molecular flexibility index (Phi) is 7.67. The van der Waals surface area contributed by atoms with E-state index >= 15 is 0 Å². The van der Waals surface area contributed by atoms with Crippen molar-refractivity contribution in [3.05, 3.63) is 35.9 Å². The Hall–Kier alpha value is -2.51. The van der Waals surface area contributed by atoms with Gasteiger partial charge < -0.3 is 14.2 Å². The van der Waals surface area contributed by atoms with Crippen molar-refractivity contribution in [2.45, 2.75) is 33.6 Å². The van der Waals surface area contributed by atoms with Crippen LogP contribution in [0.4, 0.5) is 13.2 Å². The second kappa shape index (κ2) is 9.26. The van der Waals surface area contributed by atoms with Crippen molar-refractivity contribution in [3.8, 4) is 5.75 Å². The van der Waals surface area contributed by atoms with Gasteiger partial charge in [-0.25, -0.2) is 4.79 Å². The maximum Gasteiger partial charge on any atom is 0.573 e. The number of hydrogen-bond donors (Lipinski definition) is 0. The van der Waals surface area contributed by atoms with E-state index in [0.29, 0.717) is 12.0 Å². The lowest BCUT2D eigenvalue weighted by atomic mass is 9.91. The average molecular weight is 374 g/mol. The molecule has 0 aliphatic rings. The molecule has 26 heavy (non-hydrogen) atoms. The van der Waals surface area contributed by atoms with E-state index in [-0.39, 0.29) is 24.9 Å². The SMILES string of the molecule is CCC(C)(C)C(=O)OCCOC(=O)/C=C/c1ccc(OC(F)(F)F)cc1. The molecule has 0 saturated heterocycles. The monoisotopic (exact) mass is 374 g/mol. The van der Waals surface area contributed by atoms with E-state index in [1.165, 1.54) is 18.2 Å². The highest BCUT2D eigenvalue weighted by Gasteiger charge is 2.31. The van der Waals surface area contributed by atoms with Crippen molar-refractivity contribution in [2.24, 2.45) is 5.41 Å². The van der Waals surface area contributed by atoms with E-state index in [9.17, 15) is 22.8 Å². The highest BCUT2D eigenvalue weighted by atomic mass is 19.4. The number of rotatable bonds is 8. The minimum Gasteiger partial charge on any atom is -0.462 e. The molecule has 0 fully saturated rings. The van der Waals surface area contributed by atoms with E-state index in [4.69, 9.17) is 9.47 Å². The minimum absolute atomic E-state index is 0.0503. The number of esters is 2. The van der Waals surface area contributed by atoms with Crippen LogP contribution < -0.4 is 4.74 Å². The van der Waals surface area contributed by atoms with E-state index < -0.39 is 17.7 Å². The second-order valence-electron chi connectivity index (χ2n) is 5.99. The van der Waals surface area contributed by atoms with Gasteiger partial charge in [-0.2, -0.15) is 0 Å². The fourth-order valence-corrected chi connectivity index (χ4v) is 1.61. The van der Waals surface area contributed by atoms with Crippen LogP contribution in [0.5, 0.6) is 5.75 Å². The first-order valence-electron chi connectivity index (χ1n) is 7.91. The van der Waals surface area contributed by atoms with E-state index in [0.717, 1.165) is 18.2 Å². The molecule has 0 heterocycles. The maximum absolute atomic E-state index is 12.1. The molecule has 1 aromatic carbocycles. The number of carbonyl (C=O) groups excluding carboxylic acids is 2. The quantitative estimate of drug-likeness (QED) is 0.389. The lowest BCUT2D eigenvalue weighted by Gasteiger charge is -2.20. The van der Waals surface area contributed by atoms with Crippen LogP contribution in [0.1, 0.15) is 32.8 Å². The number of ether oxygens (including phenoxy) is 3. The molecule has 0 bridgehead atoms. The summed E-state index contributed by atoms with van der Waals surface area (Å²) in [7, 11) is 0. The fraction of sp³-hybridized carbons (Fsp3) is 0.444. The van der Waals surface area contributed by atoms with Gasteiger partial charge in [0.2, 0.25) is 0 Å². The number of carbonyl (C=O) groups is 2. The normalized spacial score (nSPS) is 12.1. The van der Waals surface area contributed by atoms with Crippen LogP contribution in [0, 0.1) is 5.41 Å². The zero-order valence-electron chi connectivity index (χ0n) is 14.8. The van der Waals surface area contributed by atoms with Crippen LogP contribution in [0.3, 0.4) is 0 Å². The van der Waals surface area contributed by atoms with E-state index in [1.54, 1.807) is 13.8 Å². The number of hydrogen-bond acceptors (Lipinski definition) is 5. The molecule has 0 amide bonds. The molecule has 0 aromatic heterocycles. The van der Waals surface area contributed by atoms with Gasteiger partial charge in [0.1, 0.15) is 19.0 Å². The van der Waals surface area contributed by atoms with Gasteiger partial charge >= 0.3 is 18.3 Å². The molecule has 144 valence electrons. The lowest BCUT2D eigenvalue weighted by molar-refractivity contribution is -0.274. The number of halogens is 3. The maximum atomic E-state index is 12.1. The molecule has 0 aliphatic carbocycles. The Balaban J connectivity index is 2.38. The first-order valence-corrected chi connectivity index (χ1v) is 7.91. The summed E-state index contributed by atoms with van der Waals surface area (Å²) in [6.07, 6.45) is -1.62. The van der Waals surface area contributed by atoms with Crippen LogP contribution in [-0.4, -0.2) is 31.5 Å². The third kappa shape index (κ3) is 8.04. The predicted octanol–water partition coefficient (Wildman–Crippen LogP) is 4.12. The van der Waals surface area contributed by atoms with Gasteiger partial charge in [0.25, 0.3) is 0 Å². The van der Waals surface area contributed by atoms with Crippen LogP contribution in [0.15, 0.2) is 30.3 Å². The first-order chi connectivity index (χ1) is 12.0. The molecule has 0 radical (unpaired) electrons. The summed E-state index contributed by atoms with van der Waals surface area (Å²) >= 11 is 0. The van der Waals surface area contributed by atoms with Gasteiger partial charge in [0.05, 0.1) is 5.41 Å². The summed E-state index contributed by atoms with van der Waals surface area (Å²) in [6, 6.07) is 4.99. The highest BCUT2D eigenvalue weighted by Crippen LogP contribution is 2.23. The third-order valence-electron chi connectivity index (χ3n) is 3.52. The van der Waals surface area contributed by atoms with Gasteiger partial charge in [0, 0.05) is 6.08 Å². The molecule has 5 nitrogen and oxygen atoms in total. The third-order valence-corrected chi connectivity index (χ3v) is 3.52. The Morgan fingerprint density at radius 3 is 2.15 bits per heavy atom. The van der Waals surface area contributed by atoms with E-state index in [2.05, 4.69) is 4.74 Å². The summed E-state index contributed by atoms with van der Waals surface area (Å²) < 4.78 is 49.8. The molecule has 1 rings (SSSR count). The zero-order chi connectivity index (χ0) is 19.8. The second-order valence-corrected chi connectivity index (χ2v) is 5.99. The topological polar surface area (TPSA) is 61.8 Å². The number of alkyl halides is 3. The molecule has 0 aliphatic heterocycles. The molecule has 8 heteroatoms. The van der Waals surface area contributed by atoms with Crippen molar-refractivity contribution in [2.75, 3.05) is 13.2 Å². The van der Waals surface area contributed by atoms with Crippen LogP contribution in [0.2, 0.25) is 0 Å². The largest absolute Gasteiger partial charge is 0.573 e. The Morgan fingerprint density at radius 1 is 1.04 bits per heavy atom. The Labute approximate surface area is 149 Å². The van der Waals surface area contributed by atoms with Gasteiger partial charge in [-0.1, -0.05) is 19.1 Å². The molecular weight excluding hydrogens is 353 g/mol. The zero-order valence-corrected chi connectivity index (χ0v) is 14.8. The van der Waals surface area contributed by atoms with Gasteiger partial charge in [-0.3, -0.25) is 4.79 Å².